The molecule has 5 nitrogen and oxygen atoms in total. The average Bonchev–Trinajstić information content (AvgIpc) is 2.49. The van der Waals surface area contributed by atoms with Crippen LogP contribution in [-0.4, -0.2) is 29.6 Å². The van der Waals surface area contributed by atoms with Crippen LogP contribution in [0.4, 0.5) is 5.69 Å². The zero-order valence-corrected chi connectivity index (χ0v) is 12.0. The van der Waals surface area contributed by atoms with E-state index in [1.54, 1.807) is 0 Å². The van der Waals surface area contributed by atoms with Gasteiger partial charge in [-0.2, -0.15) is 0 Å². The molecule has 21 heavy (non-hydrogen) atoms. The van der Waals surface area contributed by atoms with E-state index < -0.39 is 5.97 Å². The second kappa shape index (κ2) is 7.78. The molecule has 0 aliphatic heterocycles. The number of hydrogen-bond acceptors (Lipinski definition) is 3. The summed E-state index contributed by atoms with van der Waals surface area (Å²) in [5.74, 6) is -0.881. The highest BCUT2D eigenvalue weighted by Crippen LogP contribution is 2.24. The van der Waals surface area contributed by atoms with E-state index >= 15 is 0 Å². The summed E-state index contributed by atoms with van der Waals surface area (Å²) in [6.07, 6.45) is 3.62. The van der Waals surface area contributed by atoms with E-state index in [0.717, 1.165) is 31.4 Å². The number of amides is 1. The molecule has 1 aliphatic carbocycles. The van der Waals surface area contributed by atoms with Gasteiger partial charge in [-0.3, -0.25) is 9.59 Å². The Labute approximate surface area is 124 Å². The van der Waals surface area contributed by atoms with Crippen molar-refractivity contribution in [2.24, 2.45) is 5.92 Å². The third-order valence-electron chi connectivity index (χ3n) is 3.92. The monoisotopic (exact) mass is 290 g/mol. The molecule has 1 aliphatic rings. The molecule has 1 fully saturated rings. The number of aliphatic carboxylic acids is 1. The predicted molar refractivity (Wildman–Crippen MR) is 81.1 cm³/mol. The van der Waals surface area contributed by atoms with Crippen LogP contribution in [0.2, 0.25) is 0 Å². The first-order chi connectivity index (χ1) is 10.1. The van der Waals surface area contributed by atoms with Gasteiger partial charge in [-0.05, 0) is 37.8 Å². The summed E-state index contributed by atoms with van der Waals surface area (Å²) in [5, 5.41) is 15.1. The Balaban J connectivity index is 1.62. The standard InChI is InChI=1S/C16H22N2O3/c19-15(18-14-4-2-1-3-5-14)10-11-17-13-8-6-12(7-9-13)16(20)21/h1-5,12-13,17H,6-11H2,(H,18,19)(H,20,21). The highest BCUT2D eigenvalue weighted by molar-refractivity contribution is 5.90. The van der Waals surface area contributed by atoms with Crippen LogP contribution in [-0.2, 0) is 9.59 Å². The topological polar surface area (TPSA) is 78.4 Å². The minimum atomic E-state index is -0.685. The van der Waals surface area contributed by atoms with E-state index in [1.807, 2.05) is 30.3 Å². The first kappa shape index (κ1) is 15.5. The Morgan fingerprint density at radius 1 is 1.10 bits per heavy atom. The second-order valence-corrected chi connectivity index (χ2v) is 5.51. The molecule has 5 heteroatoms. The van der Waals surface area contributed by atoms with Crippen LogP contribution in [0.3, 0.4) is 0 Å². The van der Waals surface area contributed by atoms with Gasteiger partial charge in [0.25, 0.3) is 0 Å². The summed E-state index contributed by atoms with van der Waals surface area (Å²) >= 11 is 0. The molecule has 0 unspecified atom stereocenters. The number of nitrogens with one attached hydrogen (secondary N) is 2. The third-order valence-corrected chi connectivity index (χ3v) is 3.92. The normalized spacial score (nSPS) is 21.7. The van der Waals surface area contributed by atoms with E-state index in [2.05, 4.69) is 10.6 Å². The highest BCUT2D eigenvalue weighted by Gasteiger charge is 2.25. The van der Waals surface area contributed by atoms with Gasteiger partial charge in [0.15, 0.2) is 0 Å². The minimum Gasteiger partial charge on any atom is -0.481 e. The lowest BCUT2D eigenvalue weighted by atomic mass is 9.86. The van der Waals surface area contributed by atoms with Crippen LogP contribution < -0.4 is 10.6 Å². The van der Waals surface area contributed by atoms with Crippen molar-refractivity contribution in [3.05, 3.63) is 30.3 Å². The Bertz CT molecular complexity index is 468. The molecule has 1 aromatic rings. The summed E-state index contributed by atoms with van der Waals surface area (Å²) in [6.45, 7) is 0.626. The maximum absolute atomic E-state index is 11.8. The maximum atomic E-state index is 11.8. The smallest absolute Gasteiger partial charge is 0.306 e. The van der Waals surface area contributed by atoms with Gasteiger partial charge >= 0.3 is 5.97 Å². The SMILES string of the molecule is O=C(CCNC1CCC(C(=O)O)CC1)Nc1ccccc1. The number of anilines is 1. The zero-order chi connectivity index (χ0) is 15.1. The van der Waals surface area contributed by atoms with Gasteiger partial charge < -0.3 is 15.7 Å². The maximum Gasteiger partial charge on any atom is 0.306 e. The van der Waals surface area contributed by atoms with E-state index in [4.69, 9.17) is 5.11 Å². The Morgan fingerprint density at radius 3 is 2.38 bits per heavy atom. The molecular formula is C16H22N2O3. The van der Waals surface area contributed by atoms with Gasteiger partial charge in [0.05, 0.1) is 5.92 Å². The number of carboxylic acids is 1. The van der Waals surface area contributed by atoms with Gasteiger partial charge in [-0.1, -0.05) is 18.2 Å². The van der Waals surface area contributed by atoms with Gasteiger partial charge in [0.2, 0.25) is 5.91 Å². The Kier molecular flexibility index (Phi) is 5.75. The van der Waals surface area contributed by atoms with E-state index in [-0.39, 0.29) is 11.8 Å². The van der Waals surface area contributed by atoms with Crippen LogP contribution in [0, 0.1) is 5.92 Å². The van der Waals surface area contributed by atoms with Crippen molar-refractivity contribution in [2.75, 3.05) is 11.9 Å². The fourth-order valence-electron chi connectivity index (χ4n) is 2.68. The van der Waals surface area contributed by atoms with Crippen LogP contribution in [0.5, 0.6) is 0 Å². The van der Waals surface area contributed by atoms with Crippen molar-refractivity contribution >= 4 is 17.6 Å². The minimum absolute atomic E-state index is 0.00655. The number of benzene rings is 1. The zero-order valence-electron chi connectivity index (χ0n) is 12.0. The lowest BCUT2D eigenvalue weighted by molar-refractivity contribution is -0.142. The number of para-hydroxylation sites is 1. The average molecular weight is 290 g/mol. The van der Waals surface area contributed by atoms with E-state index in [9.17, 15) is 9.59 Å². The van der Waals surface area contributed by atoms with Crippen LogP contribution >= 0.6 is 0 Å². The van der Waals surface area contributed by atoms with Crippen molar-refractivity contribution in [2.45, 2.75) is 38.1 Å². The Hall–Kier alpha value is -1.88. The molecule has 0 spiro atoms. The lowest BCUT2D eigenvalue weighted by Crippen LogP contribution is -2.36. The molecule has 0 saturated heterocycles. The number of carboxylic acid groups (broad SMARTS) is 1. The number of carbonyl (C=O) groups is 2. The van der Waals surface area contributed by atoms with Crippen LogP contribution in [0.25, 0.3) is 0 Å². The third kappa shape index (κ3) is 5.19. The summed E-state index contributed by atoms with van der Waals surface area (Å²) < 4.78 is 0. The van der Waals surface area contributed by atoms with Crippen molar-refractivity contribution in [3.63, 3.8) is 0 Å². The van der Waals surface area contributed by atoms with Crippen LogP contribution in [0.15, 0.2) is 30.3 Å². The summed E-state index contributed by atoms with van der Waals surface area (Å²) in [5.41, 5.74) is 0.810. The Morgan fingerprint density at radius 2 is 1.76 bits per heavy atom. The van der Waals surface area contributed by atoms with E-state index in [0.29, 0.717) is 19.0 Å². The molecule has 114 valence electrons. The molecule has 0 aromatic heterocycles. The molecule has 0 radical (unpaired) electrons. The largest absolute Gasteiger partial charge is 0.481 e. The summed E-state index contributed by atoms with van der Waals surface area (Å²) in [7, 11) is 0. The van der Waals surface area contributed by atoms with E-state index in [1.165, 1.54) is 0 Å². The lowest BCUT2D eigenvalue weighted by Gasteiger charge is -2.26. The van der Waals surface area contributed by atoms with Crippen molar-refractivity contribution in [1.82, 2.24) is 5.32 Å². The van der Waals surface area contributed by atoms with Gasteiger partial charge in [0.1, 0.15) is 0 Å². The first-order valence-corrected chi connectivity index (χ1v) is 7.46. The molecule has 2 rings (SSSR count). The van der Waals surface area contributed by atoms with Crippen molar-refractivity contribution in [3.8, 4) is 0 Å². The molecular weight excluding hydrogens is 268 g/mol. The summed E-state index contributed by atoms with van der Waals surface area (Å²) in [6, 6.07) is 9.73. The highest BCUT2D eigenvalue weighted by atomic mass is 16.4. The first-order valence-electron chi connectivity index (χ1n) is 7.46. The van der Waals surface area contributed by atoms with Gasteiger partial charge in [-0.25, -0.2) is 0 Å². The quantitative estimate of drug-likeness (QED) is 0.751. The molecule has 1 saturated carbocycles. The molecule has 1 aromatic carbocycles. The number of carbonyl (C=O) groups excluding carboxylic acids is 1. The van der Waals surface area contributed by atoms with Crippen molar-refractivity contribution < 1.29 is 14.7 Å². The molecule has 3 N–H and O–H groups in total. The summed E-state index contributed by atoms with van der Waals surface area (Å²) in [4.78, 5) is 22.6. The van der Waals surface area contributed by atoms with Gasteiger partial charge in [0, 0.05) is 24.7 Å². The van der Waals surface area contributed by atoms with Crippen molar-refractivity contribution in [1.29, 1.82) is 0 Å². The van der Waals surface area contributed by atoms with Gasteiger partial charge in [-0.15, -0.1) is 0 Å². The predicted octanol–water partition coefficient (Wildman–Crippen LogP) is 2.25. The second-order valence-electron chi connectivity index (χ2n) is 5.51. The number of hydrogen-bond donors (Lipinski definition) is 3. The number of rotatable bonds is 6. The fourth-order valence-corrected chi connectivity index (χ4v) is 2.68. The molecule has 0 heterocycles. The van der Waals surface area contributed by atoms with Crippen LogP contribution in [0.1, 0.15) is 32.1 Å². The molecule has 0 bridgehead atoms. The fraction of sp³-hybridized carbons (Fsp3) is 0.500. The molecule has 1 amide bonds. The molecule has 0 atom stereocenters.